The van der Waals surface area contributed by atoms with Gasteiger partial charge in [0.25, 0.3) is 0 Å². The second-order valence-corrected chi connectivity index (χ2v) is 5.60. The normalized spacial score (nSPS) is 37.2. The monoisotopic (exact) mass is 222 g/mol. The van der Waals surface area contributed by atoms with E-state index in [1.807, 2.05) is 0 Å². The predicted molar refractivity (Wildman–Crippen MR) is 69.7 cm³/mol. The minimum absolute atomic E-state index is 0.331. The van der Waals surface area contributed by atoms with Gasteiger partial charge in [-0.3, -0.25) is 4.90 Å². The van der Waals surface area contributed by atoms with Crippen LogP contribution in [0.2, 0.25) is 0 Å². The van der Waals surface area contributed by atoms with Crippen molar-refractivity contribution in [2.24, 2.45) is 0 Å². The molecule has 2 nitrogen and oxygen atoms in total. The molecule has 92 valence electrons. The average molecular weight is 222 g/mol. The molecule has 1 aliphatic heterocycles. The van der Waals surface area contributed by atoms with Crippen LogP contribution in [0.3, 0.4) is 0 Å². The third kappa shape index (κ3) is 2.86. The standard InChI is InChI=1S/C14H26N2/c1-3-14(2)12-16(11-7-10-15-14)13-8-5-4-6-9-13/h4-5,13,15H,3,6-12H2,1-2H3. The number of nitrogens with one attached hydrogen (secondary N) is 1. The molecule has 0 spiro atoms. The SMILES string of the molecule is CCC1(C)CN(C2CC=CCC2)CCCN1. The van der Waals surface area contributed by atoms with Gasteiger partial charge in [-0.25, -0.2) is 0 Å². The molecule has 2 atom stereocenters. The molecular formula is C14H26N2. The van der Waals surface area contributed by atoms with Crippen LogP contribution in [0.4, 0.5) is 0 Å². The number of hydrogen-bond acceptors (Lipinski definition) is 2. The first-order valence-corrected chi connectivity index (χ1v) is 6.87. The van der Waals surface area contributed by atoms with E-state index in [1.165, 1.54) is 51.7 Å². The molecule has 1 aliphatic carbocycles. The summed E-state index contributed by atoms with van der Waals surface area (Å²) in [6.45, 7) is 8.37. The Balaban J connectivity index is 1.99. The molecule has 1 saturated heterocycles. The molecule has 2 rings (SSSR count). The highest BCUT2D eigenvalue weighted by Crippen LogP contribution is 2.23. The largest absolute Gasteiger partial charge is 0.310 e. The molecule has 1 heterocycles. The summed E-state index contributed by atoms with van der Waals surface area (Å²) >= 11 is 0. The minimum atomic E-state index is 0.331. The molecule has 2 heteroatoms. The first-order chi connectivity index (χ1) is 7.73. The fourth-order valence-electron chi connectivity index (χ4n) is 2.91. The predicted octanol–water partition coefficient (Wildman–Crippen LogP) is 2.56. The Labute approximate surface area is 100 Å². The zero-order chi connectivity index (χ0) is 11.4. The lowest BCUT2D eigenvalue weighted by Gasteiger charge is -2.37. The molecule has 2 aliphatic rings. The number of allylic oxidation sites excluding steroid dienone is 1. The second-order valence-electron chi connectivity index (χ2n) is 5.60. The van der Waals surface area contributed by atoms with Gasteiger partial charge in [0.1, 0.15) is 0 Å². The minimum Gasteiger partial charge on any atom is -0.310 e. The fraction of sp³-hybridized carbons (Fsp3) is 0.857. The Bertz CT molecular complexity index is 249. The van der Waals surface area contributed by atoms with Crippen LogP contribution in [0, 0.1) is 0 Å². The third-order valence-electron chi connectivity index (χ3n) is 4.26. The van der Waals surface area contributed by atoms with E-state index in [-0.39, 0.29) is 0 Å². The van der Waals surface area contributed by atoms with Crippen molar-refractivity contribution in [3.63, 3.8) is 0 Å². The summed E-state index contributed by atoms with van der Waals surface area (Å²) in [5, 5.41) is 3.72. The van der Waals surface area contributed by atoms with Gasteiger partial charge in [-0.2, -0.15) is 0 Å². The topological polar surface area (TPSA) is 15.3 Å². The van der Waals surface area contributed by atoms with E-state index in [9.17, 15) is 0 Å². The van der Waals surface area contributed by atoms with E-state index in [0.29, 0.717) is 5.54 Å². The van der Waals surface area contributed by atoms with Gasteiger partial charge in [0.2, 0.25) is 0 Å². The van der Waals surface area contributed by atoms with Crippen LogP contribution in [0.5, 0.6) is 0 Å². The maximum Gasteiger partial charge on any atom is 0.0277 e. The van der Waals surface area contributed by atoms with E-state index in [2.05, 4.69) is 36.2 Å². The summed E-state index contributed by atoms with van der Waals surface area (Å²) in [6, 6.07) is 0.802. The molecule has 2 unspecified atom stereocenters. The third-order valence-corrected chi connectivity index (χ3v) is 4.26. The van der Waals surface area contributed by atoms with Gasteiger partial charge in [-0.05, 0) is 52.1 Å². The smallest absolute Gasteiger partial charge is 0.0277 e. The summed E-state index contributed by atoms with van der Waals surface area (Å²) in [7, 11) is 0. The lowest BCUT2D eigenvalue weighted by molar-refractivity contribution is 0.151. The van der Waals surface area contributed by atoms with Crippen molar-refractivity contribution in [3.05, 3.63) is 12.2 Å². The molecule has 0 aromatic heterocycles. The van der Waals surface area contributed by atoms with Gasteiger partial charge in [0.05, 0.1) is 0 Å². The summed E-state index contributed by atoms with van der Waals surface area (Å²) < 4.78 is 0. The van der Waals surface area contributed by atoms with E-state index in [1.54, 1.807) is 0 Å². The van der Waals surface area contributed by atoms with Crippen LogP contribution >= 0.6 is 0 Å². The Morgan fingerprint density at radius 2 is 2.31 bits per heavy atom. The summed E-state index contributed by atoms with van der Waals surface area (Å²) in [6.07, 6.45) is 11.1. The Hall–Kier alpha value is -0.340. The van der Waals surface area contributed by atoms with Crippen LogP contribution in [-0.4, -0.2) is 36.1 Å². The van der Waals surface area contributed by atoms with Crippen molar-refractivity contribution in [2.45, 2.75) is 57.5 Å². The number of hydrogen-bond donors (Lipinski definition) is 1. The van der Waals surface area contributed by atoms with Crippen LogP contribution in [0.1, 0.15) is 46.0 Å². The van der Waals surface area contributed by atoms with Gasteiger partial charge in [0, 0.05) is 18.1 Å². The second kappa shape index (κ2) is 5.33. The Kier molecular flexibility index (Phi) is 4.04. The van der Waals surface area contributed by atoms with Gasteiger partial charge in [-0.15, -0.1) is 0 Å². The van der Waals surface area contributed by atoms with Crippen molar-refractivity contribution in [1.82, 2.24) is 10.2 Å². The maximum atomic E-state index is 3.72. The molecular weight excluding hydrogens is 196 g/mol. The fourth-order valence-corrected chi connectivity index (χ4v) is 2.91. The molecule has 0 aromatic carbocycles. The highest BCUT2D eigenvalue weighted by atomic mass is 15.2. The lowest BCUT2D eigenvalue weighted by atomic mass is 9.95. The lowest BCUT2D eigenvalue weighted by Crippen LogP contribution is -2.51. The van der Waals surface area contributed by atoms with Crippen LogP contribution in [0.25, 0.3) is 0 Å². The highest BCUT2D eigenvalue weighted by molar-refractivity contribution is 4.97. The van der Waals surface area contributed by atoms with Gasteiger partial charge in [-0.1, -0.05) is 19.1 Å². The zero-order valence-corrected chi connectivity index (χ0v) is 10.8. The van der Waals surface area contributed by atoms with Crippen LogP contribution in [-0.2, 0) is 0 Å². The summed E-state index contributed by atoms with van der Waals surface area (Å²) in [4.78, 5) is 2.73. The molecule has 0 radical (unpaired) electrons. The number of nitrogens with zero attached hydrogens (tertiary/aromatic N) is 1. The number of rotatable bonds is 2. The van der Waals surface area contributed by atoms with Crippen molar-refractivity contribution in [2.75, 3.05) is 19.6 Å². The molecule has 0 bridgehead atoms. The van der Waals surface area contributed by atoms with E-state index in [0.717, 1.165) is 6.04 Å². The molecule has 1 fully saturated rings. The zero-order valence-electron chi connectivity index (χ0n) is 10.8. The van der Waals surface area contributed by atoms with Crippen LogP contribution in [0.15, 0.2) is 12.2 Å². The first-order valence-electron chi connectivity index (χ1n) is 6.87. The average Bonchev–Trinajstić information content (AvgIpc) is 2.53. The molecule has 0 amide bonds. The maximum absolute atomic E-state index is 3.72. The van der Waals surface area contributed by atoms with Crippen molar-refractivity contribution >= 4 is 0 Å². The highest BCUT2D eigenvalue weighted by Gasteiger charge is 2.30. The Morgan fingerprint density at radius 3 is 3.00 bits per heavy atom. The molecule has 0 aromatic rings. The van der Waals surface area contributed by atoms with E-state index in [4.69, 9.17) is 0 Å². The summed E-state index contributed by atoms with van der Waals surface area (Å²) in [5.74, 6) is 0. The van der Waals surface area contributed by atoms with Gasteiger partial charge >= 0.3 is 0 Å². The van der Waals surface area contributed by atoms with Gasteiger partial charge in [0.15, 0.2) is 0 Å². The van der Waals surface area contributed by atoms with Crippen molar-refractivity contribution in [3.8, 4) is 0 Å². The van der Waals surface area contributed by atoms with E-state index >= 15 is 0 Å². The van der Waals surface area contributed by atoms with Gasteiger partial charge < -0.3 is 5.32 Å². The Morgan fingerprint density at radius 1 is 1.44 bits per heavy atom. The molecule has 1 N–H and O–H groups in total. The van der Waals surface area contributed by atoms with Crippen molar-refractivity contribution < 1.29 is 0 Å². The first kappa shape index (κ1) is 12.1. The molecule has 16 heavy (non-hydrogen) atoms. The quantitative estimate of drug-likeness (QED) is 0.722. The van der Waals surface area contributed by atoms with Crippen molar-refractivity contribution in [1.29, 1.82) is 0 Å². The summed E-state index contributed by atoms with van der Waals surface area (Å²) in [5.41, 5.74) is 0.331. The van der Waals surface area contributed by atoms with E-state index < -0.39 is 0 Å². The molecule has 0 saturated carbocycles. The van der Waals surface area contributed by atoms with Crippen LogP contribution < -0.4 is 5.32 Å².